The molecule has 0 bridgehead atoms. The fourth-order valence-electron chi connectivity index (χ4n) is 2.83. The average molecular weight is 458 g/mol. The summed E-state index contributed by atoms with van der Waals surface area (Å²) in [5.41, 5.74) is 0. The van der Waals surface area contributed by atoms with Gasteiger partial charge in [-0.15, -0.1) is 24.8 Å². The number of carbonyl (C=O) groups is 1. The third-order valence-electron chi connectivity index (χ3n) is 4.09. The number of nitrogens with zero attached hydrogens (tertiary/aromatic N) is 3. The highest BCUT2D eigenvalue weighted by Crippen LogP contribution is 2.17. The second-order valence-corrected chi connectivity index (χ2v) is 7.70. The summed E-state index contributed by atoms with van der Waals surface area (Å²) in [6.07, 6.45) is 2.45. The highest BCUT2D eigenvalue weighted by Gasteiger charge is 2.24. The van der Waals surface area contributed by atoms with Crippen molar-refractivity contribution < 1.29 is 4.79 Å². The number of piperazine rings is 1. The molecule has 1 atom stereocenters. The largest absolute Gasteiger partial charge is 0.353 e. The van der Waals surface area contributed by atoms with E-state index in [4.69, 9.17) is 0 Å². The Bertz CT molecular complexity index is 509. The summed E-state index contributed by atoms with van der Waals surface area (Å²) in [5, 5.41) is 3.44. The molecule has 0 saturated carbocycles. The van der Waals surface area contributed by atoms with E-state index in [1.54, 1.807) is 0 Å². The van der Waals surface area contributed by atoms with E-state index in [9.17, 15) is 4.79 Å². The van der Waals surface area contributed by atoms with Crippen LogP contribution >= 0.6 is 52.5 Å². The van der Waals surface area contributed by atoms with Crippen LogP contribution in [0.2, 0.25) is 0 Å². The van der Waals surface area contributed by atoms with Crippen LogP contribution in [-0.4, -0.2) is 66.1 Å². The van der Waals surface area contributed by atoms with Gasteiger partial charge in [-0.2, -0.15) is 11.8 Å². The van der Waals surface area contributed by atoms with E-state index in [0.29, 0.717) is 12.5 Å². The lowest BCUT2D eigenvalue weighted by Crippen LogP contribution is -2.51. The highest BCUT2D eigenvalue weighted by atomic mass is 79.9. The van der Waals surface area contributed by atoms with Crippen LogP contribution in [0, 0.1) is 0 Å². The lowest BCUT2D eigenvalue weighted by Gasteiger charge is -2.36. The van der Waals surface area contributed by atoms with Crippen LogP contribution in [0.3, 0.4) is 0 Å². The van der Waals surface area contributed by atoms with Crippen molar-refractivity contribution in [3.63, 3.8) is 0 Å². The van der Waals surface area contributed by atoms with E-state index < -0.39 is 0 Å². The van der Waals surface area contributed by atoms with E-state index in [2.05, 4.69) is 31.1 Å². The molecule has 3 rings (SSSR count). The highest BCUT2D eigenvalue weighted by molar-refractivity contribution is 9.10. The molecule has 2 saturated heterocycles. The third-order valence-corrected chi connectivity index (χ3v) is 5.69. The van der Waals surface area contributed by atoms with Gasteiger partial charge < -0.3 is 15.1 Å². The summed E-state index contributed by atoms with van der Waals surface area (Å²) >= 11 is 5.34. The minimum atomic E-state index is 0. The number of nitrogens with one attached hydrogen (secondary N) is 1. The van der Waals surface area contributed by atoms with Gasteiger partial charge in [0.05, 0.1) is 0 Å². The Morgan fingerprint density at radius 2 is 2.04 bits per heavy atom. The summed E-state index contributed by atoms with van der Waals surface area (Å²) in [4.78, 5) is 21.1. The maximum atomic E-state index is 12.4. The summed E-state index contributed by atoms with van der Waals surface area (Å²) in [5.74, 6) is 3.47. The zero-order valence-corrected chi connectivity index (χ0v) is 17.4. The van der Waals surface area contributed by atoms with Gasteiger partial charge in [-0.3, -0.25) is 4.79 Å². The predicted molar refractivity (Wildman–Crippen MR) is 109 cm³/mol. The monoisotopic (exact) mass is 456 g/mol. The van der Waals surface area contributed by atoms with Crippen molar-refractivity contribution in [1.82, 2.24) is 15.2 Å². The lowest BCUT2D eigenvalue weighted by molar-refractivity contribution is -0.131. The first-order valence-electron chi connectivity index (χ1n) is 7.68. The van der Waals surface area contributed by atoms with Crippen LogP contribution in [0.15, 0.2) is 22.8 Å². The molecule has 0 spiro atoms. The molecule has 1 N–H and O–H groups in total. The number of rotatable bonds is 3. The molecule has 1 aromatic heterocycles. The molecule has 24 heavy (non-hydrogen) atoms. The molecule has 2 aliphatic rings. The van der Waals surface area contributed by atoms with Crippen LogP contribution < -0.4 is 10.2 Å². The third kappa shape index (κ3) is 5.95. The summed E-state index contributed by atoms with van der Waals surface area (Å²) in [7, 11) is 0. The minimum absolute atomic E-state index is 0. The summed E-state index contributed by atoms with van der Waals surface area (Å²) in [6, 6.07) is 4.37. The number of halogens is 3. The van der Waals surface area contributed by atoms with Crippen molar-refractivity contribution in [2.24, 2.45) is 0 Å². The molecule has 5 nitrogen and oxygen atoms in total. The smallest absolute Gasteiger partial charge is 0.224 e. The average Bonchev–Trinajstić information content (AvgIpc) is 2.57. The fraction of sp³-hybridized carbons (Fsp3) is 0.600. The van der Waals surface area contributed by atoms with E-state index in [-0.39, 0.29) is 30.7 Å². The number of carbonyl (C=O) groups excluding carboxylic acids is 1. The Balaban J connectivity index is 0.00000144. The van der Waals surface area contributed by atoms with Gasteiger partial charge in [0.15, 0.2) is 0 Å². The molecule has 3 heterocycles. The van der Waals surface area contributed by atoms with Crippen LogP contribution in [-0.2, 0) is 4.79 Å². The Labute approximate surface area is 168 Å². The van der Waals surface area contributed by atoms with E-state index in [0.717, 1.165) is 54.5 Å². The predicted octanol–water partition coefficient (Wildman–Crippen LogP) is 2.43. The molecule has 2 fully saturated rings. The van der Waals surface area contributed by atoms with Crippen LogP contribution in [0.25, 0.3) is 0 Å². The molecular formula is C15H23BrCl2N4OS. The van der Waals surface area contributed by atoms with E-state index in [1.165, 1.54) is 0 Å². The normalized spacial score (nSPS) is 20.8. The van der Waals surface area contributed by atoms with Crippen molar-refractivity contribution in [1.29, 1.82) is 0 Å². The van der Waals surface area contributed by atoms with Crippen LogP contribution in [0.1, 0.15) is 6.42 Å². The fourth-order valence-corrected chi connectivity index (χ4v) is 4.01. The van der Waals surface area contributed by atoms with Crippen molar-refractivity contribution >= 4 is 64.2 Å². The van der Waals surface area contributed by atoms with Crippen molar-refractivity contribution in [3.8, 4) is 0 Å². The maximum absolute atomic E-state index is 12.4. The zero-order chi connectivity index (χ0) is 15.4. The van der Waals surface area contributed by atoms with Gasteiger partial charge in [0.25, 0.3) is 0 Å². The number of anilines is 1. The molecular weight excluding hydrogens is 435 g/mol. The first-order chi connectivity index (χ1) is 10.7. The number of hydrogen-bond acceptors (Lipinski definition) is 5. The lowest BCUT2D eigenvalue weighted by atomic mass is 10.2. The van der Waals surface area contributed by atoms with Crippen molar-refractivity contribution in [2.45, 2.75) is 12.5 Å². The standard InChI is InChI=1S/C15H21BrN4OS.2ClH/c16-12-1-2-14(18-10-12)19-4-6-20(7-5-19)15(21)9-13-11-22-8-3-17-13;;/h1-2,10,13,17H,3-9,11H2;2*1H. The van der Waals surface area contributed by atoms with Crippen LogP contribution in [0.5, 0.6) is 0 Å². The van der Waals surface area contributed by atoms with Crippen LogP contribution in [0.4, 0.5) is 5.82 Å². The van der Waals surface area contributed by atoms with Gasteiger partial charge in [0.2, 0.25) is 5.91 Å². The van der Waals surface area contributed by atoms with Gasteiger partial charge in [-0.25, -0.2) is 4.98 Å². The van der Waals surface area contributed by atoms with Gasteiger partial charge in [0, 0.05) is 67.4 Å². The SMILES string of the molecule is Cl.Cl.O=C(CC1CSCCN1)N1CCN(c2ccc(Br)cn2)CC1. The number of aromatic nitrogens is 1. The molecule has 1 aromatic rings. The van der Waals surface area contributed by atoms with E-state index >= 15 is 0 Å². The summed E-state index contributed by atoms with van der Waals surface area (Å²) < 4.78 is 0.989. The zero-order valence-electron chi connectivity index (χ0n) is 13.3. The number of pyridine rings is 1. The molecule has 9 heteroatoms. The molecule has 1 unspecified atom stereocenters. The second kappa shape index (κ2) is 10.7. The summed E-state index contributed by atoms with van der Waals surface area (Å²) in [6.45, 7) is 4.30. The Morgan fingerprint density at radius 1 is 1.29 bits per heavy atom. The Kier molecular flexibility index (Phi) is 9.74. The first-order valence-corrected chi connectivity index (χ1v) is 9.62. The van der Waals surface area contributed by atoms with Gasteiger partial charge in [-0.05, 0) is 28.1 Å². The second-order valence-electron chi connectivity index (χ2n) is 5.63. The quantitative estimate of drug-likeness (QED) is 0.755. The van der Waals surface area contributed by atoms with Gasteiger partial charge in [0.1, 0.15) is 5.82 Å². The topological polar surface area (TPSA) is 48.5 Å². The molecule has 0 aromatic carbocycles. The minimum Gasteiger partial charge on any atom is -0.353 e. The molecule has 136 valence electrons. The van der Waals surface area contributed by atoms with Gasteiger partial charge in [-0.1, -0.05) is 0 Å². The molecule has 0 aliphatic carbocycles. The number of hydrogen-bond donors (Lipinski definition) is 1. The van der Waals surface area contributed by atoms with Crippen molar-refractivity contribution in [2.75, 3.05) is 49.1 Å². The van der Waals surface area contributed by atoms with Crippen molar-refractivity contribution in [3.05, 3.63) is 22.8 Å². The Morgan fingerprint density at radius 3 is 2.62 bits per heavy atom. The first kappa shape index (κ1) is 21.8. The molecule has 1 amide bonds. The number of amides is 1. The Hall–Kier alpha value is -0.210. The van der Waals surface area contributed by atoms with Gasteiger partial charge >= 0.3 is 0 Å². The molecule has 0 radical (unpaired) electrons. The molecule has 2 aliphatic heterocycles. The number of thioether (sulfide) groups is 1. The van der Waals surface area contributed by atoms with E-state index in [1.807, 2.05) is 35.0 Å². The maximum Gasteiger partial charge on any atom is 0.224 e.